The van der Waals surface area contributed by atoms with Gasteiger partial charge in [-0.05, 0) is 30.0 Å². The number of alkyl halides is 3. The molecule has 0 N–H and O–H groups in total. The number of hydrogen-bond donors (Lipinski definition) is 0. The Balaban J connectivity index is 2.23. The van der Waals surface area contributed by atoms with Gasteiger partial charge in [0.1, 0.15) is 0 Å². The summed E-state index contributed by atoms with van der Waals surface area (Å²) >= 11 is 0. The van der Waals surface area contributed by atoms with Gasteiger partial charge in [0.2, 0.25) is 0 Å². The zero-order valence-corrected chi connectivity index (χ0v) is 8.59. The Labute approximate surface area is 91.8 Å². The van der Waals surface area contributed by atoms with E-state index in [0.717, 1.165) is 18.4 Å². The molecule has 0 aromatic heterocycles. The van der Waals surface area contributed by atoms with E-state index in [1.54, 1.807) is 0 Å². The van der Waals surface area contributed by atoms with E-state index in [0.29, 0.717) is 5.56 Å². The van der Waals surface area contributed by atoms with Crippen LogP contribution in [0.3, 0.4) is 0 Å². The molecule has 2 bridgehead atoms. The van der Waals surface area contributed by atoms with Crippen molar-refractivity contribution in [2.24, 2.45) is 0 Å². The van der Waals surface area contributed by atoms with E-state index in [1.807, 2.05) is 12.1 Å². The lowest BCUT2D eigenvalue weighted by atomic mass is 9.70. The van der Waals surface area contributed by atoms with Crippen LogP contribution in [0.4, 0.5) is 13.2 Å². The number of hydrogen-bond acceptors (Lipinski definition) is 0. The first-order valence-corrected chi connectivity index (χ1v) is 5.45. The predicted molar refractivity (Wildman–Crippen MR) is 55.3 cm³/mol. The van der Waals surface area contributed by atoms with Crippen molar-refractivity contribution < 1.29 is 13.2 Å². The Morgan fingerprint density at radius 2 is 1.69 bits per heavy atom. The van der Waals surface area contributed by atoms with Gasteiger partial charge in [0.15, 0.2) is 0 Å². The number of rotatable bonds is 0. The third-order valence-corrected chi connectivity index (χ3v) is 3.58. The van der Waals surface area contributed by atoms with Gasteiger partial charge in [0, 0.05) is 11.8 Å². The van der Waals surface area contributed by atoms with Gasteiger partial charge in [-0.2, -0.15) is 13.2 Å². The van der Waals surface area contributed by atoms with Crippen LogP contribution in [-0.4, -0.2) is 0 Å². The van der Waals surface area contributed by atoms with Gasteiger partial charge < -0.3 is 0 Å². The minimum atomic E-state index is -4.23. The molecule has 3 aliphatic carbocycles. The molecule has 84 valence electrons. The molecule has 2 atom stereocenters. The van der Waals surface area contributed by atoms with E-state index in [4.69, 9.17) is 0 Å². The van der Waals surface area contributed by atoms with Gasteiger partial charge in [0.05, 0.1) is 5.56 Å². The summed E-state index contributed by atoms with van der Waals surface area (Å²) in [5.74, 6) is 0.167. The van der Waals surface area contributed by atoms with Gasteiger partial charge in [-0.3, -0.25) is 0 Å². The molecule has 0 saturated heterocycles. The summed E-state index contributed by atoms with van der Waals surface area (Å²) in [5, 5.41) is 0. The monoisotopic (exact) mass is 224 g/mol. The molecule has 3 heteroatoms. The summed E-state index contributed by atoms with van der Waals surface area (Å²) in [4.78, 5) is 0. The zero-order valence-electron chi connectivity index (χ0n) is 8.59. The molecule has 16 heavy (non-hydrogen) atoms. The summed E-state index contributed by atoms with van der Waals surface area (Å²) in [6, 6.07) is 4.56. The Bertz CT molecular complexity index is 457. The maximum absolute atomic E-state index is 12.9. The third kappa shape index (κ3) is 1.30. The molecule has 0 unspecified atom stereocenters. The molecule has 0 heterocycles. The number of allylic oxidation sites excluding steroid dienone is 2. The van der Waals surface area contributed by atoms with Crippen molar-refractivity contribution in [1.82, 2.24) is 0 Å². The van der Waals surface area contributed by atoms with E-state index in [2.05, 4.69) is 6.08 Å². The highest BCUT2D eigenvalue weighted by Crippen LogP contribution is 2.49. The van der Waals surface area contributed by atoms with Crippen LogP contribution in [0.1, 0.15) is 41.4 Å². The first-order valence-electron chi connectivity index (χ1n) is 5.45. The summed E-state index contributed by atoms with van der Waals surface area (Å²) < 4.78 is 38.6. The lowest BCUT2D eigenvalue weighted by Crippen LogP contribution is -2.22. The molecule has 0 radical (unpaired) electrons. The molecule has 1 aromatic rings. The van der Waals surface area contributed by atoms with Crippen molar-refractivity contribution >= 4 is 0 Å². The lowest BCUT2D eigenvalue weighted by Gasteiger charge is -2.35. The summed E-state index contributed by atoms with van der Waals surface area (Å²) in [6.45, 7) is 0. The van der Waals surface area contributed by atoms with Crippen LogP contribution in [0.15, 0.2) is 30.4 Å². The van der Waals surface area contributed by atoms with Crippen LogP contribution < -0.4 is 0 Å². The first kappa shape index (κ1) is 9.94. The maximum atomic E-state index is 12.9. The second-order valence-electron chi connectivity index (χ2n) is 4.48. The third-order valence-electron chi connectivity index (χ3n) is 3.58. The second kappa shape index (κ2) is 3.12. The Morgan fingerprint density at radius 1 is 1.00 bits per heavy atom. The van der Waals surface area contributed by atoms with Crippen LogP contribution in [-0.2, 0) is 6.18 Å². The minimum Gasteiger partial charge on any atom is -0.166 e. The predicted octanol–water partition coefficient (Wildman–Crippen LogP) is 4.24. The fourth-order valence-corrected chi connectivity index (χ4v) is 2.89. The molecular formula is C13H11F3. The van der Waals surface area contributed by atoms with E-state index in [-0.39, 0.29) is 11.8 Å². The van der Waals surface area contributed by atoms with Crippen molar-refractivity contribution in [1.29, 1.82) is 0 Å². The van der Waals surface area contributed by atoms with Crippen molar-refractivity contribution in [3.05, 3.63) is 47.0 Å². The van der Waals surface area contributed by atoms with Gasteiger partial charge in [-0.15, -0.1) is 0 Å². The highest BCUT2D eigenvalue weighted by Gasteiger charge is 2.39. The maximum Gasteiger partial charge on any atom is 0.416 e. The van der Waals surface area contributed by atoms with E-state index in [9.17, 15) is 13.2 Å². The quantitative estimate of drug-likeness (QED) is 0.578. The van der Waals surface area contributed by atoms with Crippen molar-refractivity contribution in [2.45, 2.75) is 30.9 Å². The van der Waals surface area contributed by atoms with Gasteiger partial charge in [-0.1, -0.05) is 24.3 Å². The SMILES string of the molecule is FC(F)(F)c1cccc2c1[C@H]1C=C[C@H]2CC1. The van der Waals surface area contributed by atoms with Crippen LogP contribution in [0, 0.1) is 0 Å². The average molecular weight is 224 g/mol. The van der Waals surface area contributed by atoms with Crippen molar-refractivity contribution in [3.63, 3.8) is 0 Å². The van der Waals surface area contributed by atoms with Crippen molar-refractivity contribution in [3.8, 4) is 0 Å². The van der Waals surface area contributed by atoms with Crippen LogP contribution in [0.25, 0.3) is 0 Å². The fraction of sp³-hybridized carbons (Fsp3) is 0.385. The van der Waals surface area contributed by atoms with E-state index in [1.165, 1.54) is 12.1 Å². The summed E-state index contributed by atoms with van der Waals surface area (Å²) in [7, 11) is 0. The van der Waals surface area contributed by atoms with E-state index >= 15 is 0 Å². The number of benzene rings is 1. The van der Waals surface area contributed by atoms with Gasteiger partial charge in [0.25, 0.3) is 0 Å². The molecule has 0 saturated carbocycles. The van der Waals surface area contributed by atoms with Gasteiger partial charge in [-0.25, -0.2) is 0 Å². The molecule has 0 amide bonds. The summed E-state index contributed by atoms with van der Waals surface area (Å²) in [6.07, 6.45) is 1.59. The van der Waals surface area contributed by atoms with Gasteiger partial charge >= 0.3 is 6.18 Å². The second-order valence-corrected chi connectivity index (χ2v) is 4.48. The fourth-order valence-electron chi connectivity index (χ4n) is 2.89. The Hall–Kier alpha value is -1.25. The van der Waals surface area contributed by atoms with E-state index < -0.39 is 11.7 Å². The number of fused-ring (bicyclic) bond motifs is 1. The van der Waals surface area contributed by atoms with Crippen LogP contribution in [0.2, 0.25) is 0 Å². The molecule has 1 aromatic carbocycles. The highest BCUT2D eigenvalue weighted by molar-refractivity contribution is 5.49. The zero-order chi connectivity index (χ0) is 11.3. The standard InChI is InChI=1S/C13H11F3/c14-13(15,16)11-3-1-2-10-8-4-6-9(7-5-8)12(10)11/h1-4,6,8-9H,5,7H2/t8-,9-/m0/s1. The summed E-state index contributed by atoms with van der Waals surface area (Å²) in [5.41, 5.74) is 0.964. The minimum absolute atomic E-state index is 0.0298. The van der Waals surface area contributed by atoms with Crippen LogP contribution in [0.5, 0.6) is 0 Å². The Morgan fingerprint density at radius 3 is 2.31 bits per heavy atom. The molecule has 0 nitrogen and oxygen atoms in total. The molecule has 4 rings (SSSR count). The molecule has 0 spiro atoms. The molecule has 0 aliphatic heterocycles. The largest absolute Gasteiger partial charge is 0.416 e. The smallest absolute Gasteiger partial charge is 0.166 e. The van der Waals surface area contributed by atoms with Crippen LogP contribution >= 0.6 is 0 Å². The highest BCUT2D eigenvalue weighted by atomic mass is 19.4. The molecular weight excluding hydrogens is 213 g/mol. The lowest BCUT2D eigenvalue weighted by molar-refractivity contribution is -0.138. The Kier molecular flexibility index (Phi) is 1.94. The normalized spacial score (nSPS) is 26.9. The van der Waals surface area contributed by atoms with Crippen molar-refractivity contribution in [2.75, 3.05) is 0 Å². The average Bonchev–Trinajstić information content (AvgIpc) is 2.29. The topological polar surface area (TPSA) is 0 Å². The molecule has 3 aliphatic rings. The molecule has 0 fully saturated rings. The number of halogens is 3. The first-order chi connectivity index (χ1) is 7.57.